The number of hydrogen-bond donors (Lipinski definition) is 4. The third kappa shape index (κ3) is 18.5. The first kappa shape index (κ1) is 42.2. The van der Waals surface area contributed by atoms with E-state index >= 15 is 0 Å². The number of hydrogen-bond acceptors (Lipinski definition) is 12. The number of carbonyl (C=O) groups excluding carboxylic acids is 3. The molecule has 0 radical (unpaired) electrons. The van der Waals surface area contributed by atoms with Crippen molar-refractivity contribution in [2.24, 2.45) is 0 Å². The highest BCUT2D eigenvalue weighted by molar-refractivity contribution is 5.71. The first-order valence-electron chi connectivity index (χ1n) is 17.6. The molecule has 1 aliphatic rings. The zero-order valence-electron chi connectivity index (χ0n) is 28.4. The molecule has 12 heteroatoms. The highest BCUT2D eigenvalue weighted by Crippen LogP contribution is 2.29. The van der Waals surface area contributed by atoms with E-state index in [-0.39, 0.29) is 12.8 Å². The Hall–Kier alpha value is -1.83. The molecule has 0 bridgehead atoms. The fourth-order valence-electron chi connectivity index (χ4n) is 5.28. The van der Waals surface area contributed by atoms with E-state index < -0.39 is 80.6 Å². The van der Waals surface area contributed by atoms with E-state index in [0.29, 0.717) is 12.8 Å². The van der Waals surface area contributed by atoms with Crippen LogP contribution >= 0.6 is 0 Å². The van der Waals surface area contributed by atoms with E-state index in [1.165, 1.54) is 45.4 Å². The molecular weight excluding hydrogens is 600 g/mol. The molecule has 0 aromatic carbocycles. The molecule has 46 heavy (non-hydrogen) atoms. The lowest BCUT2D eigenvalue weighted by atomic mass is 9.98. The van der Waals surface area contributed by atoms with Gasteiger partial charge in [0.2, 0.25) is 0 Å². The van der Waals surface area contributed by atoms with Gasteiger partial charge in [-0.2, -0.15) is 0 Å². The number of esters is 3. The lowest BCUT2D eigenvalue weighted by Crippen LogP contribution is -2.62. The zero-order chi connectivity index (χ0) is 34.2. The number of unbranched alkanes of at least 4 members (excludes halogenated alkanes) is 14. The monoisotopic (exact) mass is 662 g/mol. The Morgan fingerprint density at radius 2 is 1.15 bits per heavy atom. The second kappa shape index (κ2) is 26.2. The van der Waals surface area contributed by atoms with E-state index in [4.69, 9.17) is 23.7 Å². The number of rotatable bonds is 27. The van der Waals surface area contributed by atoms with Crippen LogP contribution in [0.25, 0.3) is 0 Å². The summed E-state index contributed by atoms with van der Waals surface area (Å²) in [6, 6.07) is 0. The Bertz CT molecular complexity index is 809. The van der Waals surface area contributed by atoms with Crippen molar-refractivity contribution in [3.8, 4) is 0 Å². The Morgan fingerprint density at radius 3 is 1.61 bits per heavy atom. The minimum absolute atomic E-state index is 0.0932. The lowest BCUT2D eigenvalue weighted by molar-refractivity contribution is -0.311. The van der Waals surface area contributed by atoms with Gasteiger partial charge in [0.15, 0.2) is 18.5 Å². The molecule has 0 spiro atoms. The molecule has 1 saturated heterocycles. The topological polar surface area (TPSA) is 178 Å². The van der Waals surface area contributed by atoms with Crippen molar-refractivity contribution in [1.82, 2.24) is 0 Å². The number of aliphatic hydroxyl groups excluding tert-OH is 4. The van der Waals surface area contributed by atoms with Crippen LogP contribution in [0.5, 0.6) is 0 Å². The minimum atomic E-state index is -1.53. The zero-order valence-corrected chi connectivity index (χ0v) is 28.4. The molecule has 7 atom stereocenters. The predicted molar refractivity (Wildman–Crippen MR) is 171 cm³/mol. The quantitative estimate of drug-likeness (QED) is 0.0559. The molecule has 0 amide bonds. The van der Waals surface area contributed by atoms with Crippen molar-refractivity contribution in [3.63, 3.8) is 0 Å². The van der Waals surface area contributed by atoms with Crippen molar-refractivity contribution in [3.05, 3.63) is 0 Å². The second-order valence-electron chi connectivity index (χ2n) is 12.3. The summed E-state index contributed by atoms with van der Waals surface area (Å²) in [5.41, 5.74) is 0. The average Bonchev–Trinajstić information content (AvgIpc) is 3.03. The van der Waals surface area contributed by atoms with Crippen LogP contribution in [0.2, 0.25) is 0 Å². The highest BCUT2D eigenvalue weighted by atomic mass is 16.7. The molecule has 1 aliphatic heterocycles. The molecule has 0 saturated carbocycles. The molecule has 0 aromatic rings. The fraction of sp³-hybridized carbons (Fsp3) is 0.912. The van der Waals surface area contributed by atoms with Crippen molar-refractivity contribution >= 4 is 17.9 Å². The standard InChI is InChI=1S/C34H62O12/c1-4-6-8-10-12-14-16-18-20-29(39)45-32-31(41)28(24-42-25(3)36)44-34(43-23-27(38)26(37)22-35)33(32)46-30(40)21-19-17-15-13-11-9-7-5-2/h26-28,31-35,37-38,41H,4-24H2,1-3H3/t26-,27+,28-,31-,32+,33+,34-/m1/s1. The Kier molecular flexibility index (Phi) is 24.0. The summed E-state index contributed by atoms with van der Waals surface area (Å²) in [6.07, 6.45) is 6.73. The molecule has 1 fully saturated rings. The van der Waals surface area contributed by atoms with Crippen LogP contribution in [0.4, 0.5) is 0 Å². The van der Waals surface area contributed by atoms with Crippen LogP contribution in [-0.4, -0.2) is 101 Å². The molecule has 12 nitrogen and oxygen atoms in total. The van der Waals surface area contributed by atoms with Crippen LogP contribution in [0.15, 0.2) is 0 Å². The van der Waals surface area contributed by atoms with Gasteiger partial charge in [0.05, 0.1) is 13.2 Å². The fourth-order valence-corrected chi connectivity index (χ4v) is 5.28. The molecule has 4 N–H and O–H groups in total. The maximum absolute atomic E-state index is 12.9. The van der Waals surface area contributed by atoms with E-state index in [9.17, 15) is 34.8 Å². The van der Waals surface area contributed by atoms with Crippen molar-refractivity contribution < 1.29 is 58.5 Å². The van der Waals surface area contributed by atoms with Crippen LogP contribution in [0.1, 0.15) is 136 Å². The summed E-state index contributed by atoms with van der Waals surface area (Å²) in [4.78, 5) is 37.4. The van der Waals surface area contributed by atoms with Gasteiger partial charge >= 0.3 is 17.9 Å². The Labute approximate surface area is 275 Å². The van der Waals surface area contributed by atoms with E-state index in [2.05, 4.69) is 13.8 Å². The molecule has 0 aromatic heterocycles. The van der Waals surface area contributed by atoms with Gasteiger partial charge in [-0.15, -0.1) is 0 Å². The van der Waals surface area contributed by atoms with Crippen LogP contribution in [0.3, 0.4) is 0 Å². The molecular formula is C34H62O12. The van der Waals surface area contributed by atoms with Gasteiger partial charge in [0.25, 0.3) is 0 Å². The average molecular weight is 663 g/mol. The van der Waals surface area contributed by atoms with E-state index in [0.717, 1.165) is 51.4 Å². The van der Waals surface area contributed by atoms with Crippen LogP contribution in [-0.2, 0) is 38.1 Å². The van der Waals surface area contributed by atoms with E-state index in [1.54, 1.807) is 0 Å². The first-order valence-corrected chi connectivity index (χ1v) is 17.6. The normalized spacial score (nSPS) is 22.6. The highest BCUT2D eigenvalue weighted by Gasteiger charge is 2.51. The minimum Gasteiger partial charge on any atom is -0.463 e. The van der Waals surface area contributed by atoms with Crippen molar-refractivity contribution in [2.45, 2.75) is 179 Å². The maximum Gasteiger partial charge on any atom is 0.306 e. The van der Waals surface area contributed by atoms with Crippen LogP contribution in [0, 0.1) is 0 Å². The van der Waals surface area contributed by atoms with Gasteiger partial charge in [-0.3, -0.25) is 14.4 Å². The third-order valence-corrected chi connectivity index (χ3v) is 8.14. The molecule has 0 unspecified atom stereocenters. The smallest absolute Gasteiger partial charge is 0.306 e. The molecule has 0 aliphatic carbocycles. The van der Waals surface area contributed by atoms with E-state index in [1.807, 2.05) is 0 Å². The van der Waals surface area contributed by atoms with Crippen LogP contribution < -0.4 is 0 Å². The summed E-state index contributed by atoms with van der Waals surface area (Å²) < 4.78 is 27.9. The second-order valence-corrected chi connectivity index (χ2v) is 12.3. The maximum atomic E-state index is 12.9. The van der Waals surface area contributed by atoms with Crippen molar-refractivity contribution in [1.29, 1.82) is 0 Å². The summed E-state index contributed by atoms with van der Waals surface area (Å²) in [7, 11) is 0. The molecule has 270 valence electrons. The first-order chi connectivity index (χ1) is 22.1. The number of aliphatic hydroxyl groups is 4. The Balaban J connectivity index is 2.94. The summed E-state index contributed by atoms with van der Waals surface area (Å²) in [5.74, 6) is -1.82. The third-order valence-electron chi connectivity index (χ3n) is 8.14. The summed E-state index contributed by atoms with van der Waals surface area (Å²) >= 11 is 0. The van der Waals surface area contributed by atoms with Gasteiger partial charge < -0.3 is 44.1 Å². The molecule has 1 heterocycles. The van der Waals surface area contributed by atoms with Gasteiger partial charge in [-0.05, 0) is 12.8 Å². The lowest BCUT2D eigenvalue weighted by Gasteiger charge is -2.43. The van der Waals surface area contributed by atoms with Gasteiger partial charge in [-0.1, -0.05) is 104 Å². The number of ether oxygens (including phenoxy) is 5. The summed E-state index contributed by atoms with van der Waals surface area (Å²) in [5, 5.41) is 40.3. The Morgan fingerprint density at radius 1 is 0.696 bits per heavy atom. The van der Waals surface area contributed by atoms with Gasteiger partial charge in [0, 0.05) is 19.8 Å². The van der Waals surface area contributed by atoms with Gasteiger partial charge in [0.1, 0.15) is 31.0 Å². The largest absolute Gasteiger partial charge is 0.463 e. The SMILES string of the molecule is CCCCCCCCCCC(=O)O[C@@H]1[C@H](OC[C@H](O)[C@H](O)CO)O[C@H](COC(C)=O)[C@@H](O)[C@@H]1OC(=O)CCCCCCCCCC. The van der Waals surface area contributed by atoms with Crippen molar-refractivity contribution in [2.75, 3.05) is 19.8 Å². The molecule has 1 rings (SSSR count). The summed E-state index contributed by atoms with van der Waals surface area (Å²) in [6.45, 7) is 3.87. The number of carbonyl (C=O) groups is 3. The predicted octanol–water partition coefficient (Wildman–Crippen LogP) is 4.25. The van der Waals surface area contributed by atoms with Gasteiger partial charge in [-0.25, -0.2) is 0 Å².